The van der Waals surface area contributed by atoms with Gasteiger partial charge in [0.1, 0.15) is 6.54 Å². The smallest absolute Gasteiger partial charge is 0.104 e. The van der Waals surface area contributed by atoms with E-state index in [9.17, 15) is 0 Å². The van der Waals surface area contributed by atoms with Crippen molar-refractivity contribution in [2.75, 3.05) is 21.1 Å². The van der Waals surface area contributed by atoms with Gasteiger partial charge in [0.15, 0.2) is 0 Å². The number of benzene rings is 1. The van der Waals surface area contributed by atoms with Crippen molar-refractivity contribution >= 4 is 0 Å². The summed E-state index contributed by atoms with van der Waals surface area (Å²) in [6.07, 6.45) is 25.5. The minimum Gasteiger partial charge on any atom is -1.00 e. The zero-order chi connectivity index (χ0) is 22.8. The molecule has 0 aliphatic rings. The molecule has 2 heteroatoms. The average molecular weight is 511 g/mol. The molecule has 0 radical (unpaired) electrons. The van der Waals surface area contributed by atoms with Crippen LogP contribution in [0.5, 0.6) is 0 Å². The normalized spacial score (nSPS) is 11.5. The summed E-state index contributed by atoms with van der Waals surface area (Å²) in [5.74, 6) is 0. The number of hydrogen-bond donors (Lipinski definition) is 0. The van der Waals surface area contributed by atoms with E-state index in [0.717, 1.165) is 17.4 Å². The van der Waals surface area contributed by atoms with Crippen molar-refractivity contribution in [2.45, 2.75) is 136 Å². The van der Waals surface area contributed by atoms with Crippen LogP contribution in [0.2, 0.25) is 0 Å². The van der Waals surface area contributed by atoms with Crippen molar-refractivity contribution in [3.05, 3.63) is 34.9 Å². The van der Waals surface area contributed by atoms with Gasteiger partial charge >= 0.3 is 0 Å². The molecule has 0 aliphatic heterocycles. The number of aryl methyl sites for hydroxylation is 2. The monoisotopic (exact) mass is 509 g/mol. The van der Waals surface area contributed by atoms with Gasteiger partial charge in [-0.25, -0.2) is 0 Å². The number of unbranched alkanes of at least 4 members (excludes halogenated alkanes) is 15. The maximum absolute atomic E-state index is 2.49. The SMILES string of the molecule is CCCCCCCCCCCCCCCCCCc1ccc(CC)c(C[N+](C)(C)C)c1.[Br-]. The minimum atomic E-state index is 0. The second-order valence-corrected chi connectivity index (χ2v) is 11.0. The highest BCUT2D eigenvalue weighted by Gasteiger charge is 2.12. The maximum atomic E-state index is 2.49. The lowest BCUT2D eigenvalue weighted by molar-refractivity contribution is -0.884. The maximum Gasteiger partial charge on any atom is 0.104 e. The van der Waals surface area contributed by atoms with Crippen molar-refractivity contribution in [1.29, 1.82) is 0 Å². The van der Waals surface area contributed by atoms with Crippen molar-refractivity contribution in [3.8, 4) is 0 Å². The standard InChI is InChI=1S/C30H56N.BrH/c1-6-8-9-10-11-12-13-14-15-16-17-18-19-20-21-22-23-28-24-25-29(7-2)30(26-28)27-31(3,4)5;/h24-26H,6-23,27H2,1-5H3;1H/q+1;/p-1. The van der Waals surface area contributed by atoms with Crippen LogP contribution in [0.15, 0.2) is 18.2 Å². The zero-order valence-electron chi connectivity index (χ0n) is 22.5. The largest absolute Gasteiger partial charge is 1.00 e. The highest BCUT2D eigenvalue weighted by molar-refractivity contribution is 5.31. The lowest BCUT2D eigenvalue weighted by Gasteiger charge is -2.25. The molecule has 1 rings (SSSR count). The Balaban J connectivity index is 0.00000961. The predicted octanol–water partition coefficient (Wildman–Crippen LogP) is 6.26. The van der Waals surface area contributed by atoms with Crippen LogP contribution >= 0.6 is 0 Å². The number of quaternary nitrogens is 1. The van der Waals surface area contributed by atoms with Gasteiger partial charge in [0.2, 0.25) is 0 Å². The first-order valence-electron chi connectivity index (χ1n) is 13.9. The van der Waals surface area contributed by atoms with E-state index in [1.165, 1.54) is 115 Å². The Hall–Kier alpha value is -0.340. The molecular formula is C30H56BrN. The van der Waals surface area contributed by atoms with Crippen molar-refractivity contribution in [2.24, 2.45) is 0 Å². The highest BCUT2D eigenvalue weighted by Crippen LogP contribution is 2.19. The summed E-state index contributed by atoms with van der Waals surface area (Å²) in [6.45, 7) is 5.72. The number of halogens is 1. The molecule has 32 heavy (non-hydrogen) atoms. The quantitative estimate of drug-likeness (QED) is 0.143. The van der Waals surface area contributed by atoms with Gasteiger partial charge in [-0.3, -0.25) is 0 Å². The van der Waals surface area contributed by atoms with E-state index in [0.29, 0.717) is 0 Å². The fraction of sp³-hybridized carbons (Fsp3) is 0.800. The summed E-state index contributed by atoms with van der Waals surface area (Å²) >= 11 is 0. The predicted molar refractivity (Wildman–Crippen MR) is 141 cm³/mol. The molecular weight excluding hydrogens is 454 g/mol. The van der Waals surface area contributed by atoms with E-state index < -0.39 is 0 Å². The molecule has 0 unspecified atom stereocenters. The van der Waals surface area contributed by atoms with Crippen LogP contribution in [-0.2, 0) is 19.4 Å². The van der Waals surface area contributed by atoms with E-state index in [1.807, 2.05) is 0 Å². The van der Waals surface area contributed by atoms with Gasteiger partial charge in [-0.15, -0.1) is 0 Å². The number of nitrogens with zero attached hydrogens (tertiary/aromatic N) is 1. The van der Waals surface area contributed by atoms with Crippen LogP contribution in [0.1, 0.15) is 133 Å². The van der Waals surface area contributed by atoms with Gasteiger partial charge in [-0.2, -0.15) is 0 Å². The van der Waals surface area contributed by atoms with Gasteiger partial charge in [-0.05, 0) is 36.5 Å². The molecule has 1 nitrogen and oxygen atoms in total. The van der Waals surface area contributed by atoms with E-state index in [4.69, 9.17) is 0 Å². The average Bonchev–Trinajstić information content (AvgIpc) is 2.72. The second kappa shape index (κ2) is 20.1. The fourth-order valence-electron chi connectivity index (χ4n) is 4.72. The molecule has 0 spiro atoms. The first kappa shape index (κ1) is 31.7. The highest BCUT2D eigenvalue weighted by atomic mass is 79.9. The van der Waals surface area contributed by atoms with E-state index in [1.54, 1.807) is 11.1 Å². The van der Waals surface area contributed by atoms with Gasteiger partial charge in [0.05, 0.1) is 21.1 Å². The van der Waals surface area contributed by atoms with E-state index in [-0.39, 0.29) is 17.0 Å². The molecule has 0 fully saturated rings. The summed E-state index contributed by atoms with van der Waals surface area (Å²) in [5, 5.41) is 0. The van der Waals surface area contributed by atoms with Crippen LogP contribution in [-0.4, -0.2) is 25.6 Å². The van der Waals surface area contributed by atoms with Gasteiger partial charge < -0.3 is 21.5 Å². The van der Waals surface area contributed by atoms with Crippen molar-refractivity contribution in [3.63, 3.8) is 0 Å². The first-order valence-corrected chi connectivity index (χ1v) is 13.9. The molecule has 1 aromatic carbocycles. The number of hydrogen-bond acceptors (Lipinski definition) is 0. The Morgan fingerprint density at radius 1 is 0.562 bits per heavy atom. The summed E-state index contributed by atoms with van der Waals surface area (Å²) < 4.78 is 1.01. The number of rotatable bonds is 20. The molecule has 0 saturated carbocycles. The van der Waals surface area contributed by atoms with Gasteiger partial charge in [0, 0.05) is 5.56 Å². The molecule has 188 valence electrons. The first-order chi connectivity index (χ1) is 15.0. The van der Waals surface area contributed by atoms with E-state index in [2.05, 4.69) is 53.2 Å². The summed E-state index contributed by atoms with van der Waals surface area (Å²) in [5.41, 5.74) is 4.64. The van der Waals surface area contributed by atoms with Crippen LogP contribution in [0, 0.1) is 0 Å². The molecule has 0 atom stereocenters. The zero-order valence-corrected chi connectivity index (χ0v) is 24.1. The van der Waals surface area contributed by atoms with Crippen LogP contribution in [0.25, 0.3) is 0 Å². The topological polar surface area (TPSA) is 0 Å². The van der Waals surface area contributed by atoms with Crippen molar-refractivity contribution < 1.29 is 21.5 Å². The summed E-state index contributed by atoms with van der Waals surface area (Å²) in [6, 6.07) is 7.25. The third kappa shape index (κ3) is 17.2. The van der Waals surface area contributed by atoms with Crippen LogP contribution in [0.4, 0.5) is 0 Å². The Bertz CT molecular complexity index is 546. The summed E-state index contributed by atoms with van der Waals surface area (Å²) in [7, 11) is 6.88. The molecule has 0 N–H and O–H groups in total. The Kier molecular flexibility index (Phi) is 19.9. The molecule has 0 amide bonds. The van der Waals surface area contributed by atoms with E-state index >= 15 is 0 Å². The van der Waals surface area contributed by atoms with Crippen LogP contribution < -0.4 is 17.0 Å². The summed E-state index contributed by atoms with van der Waals surface area (Å²) in [4.78, 5) is 0. The fourth-order valence-corrected chi connectivity index (χ4v) is 4.72. The van der Waals surface area contributed by atoms with Gasteiger partial charge in [-0.1, -0.05) is 122 Å². The minimum absolute atomic E-state index is 0. The Morgan fingerprint density at radius 2 is 1.00 bits per heavy atom. The van der Waals surface area contributed by atoms with Crippen molar-refractivity contribution in [1.82, 2.24) is 0 Å². The van der Waals surface area contributed by atoms with Crippen LogP contribution in [0.3, 0.4) is 0 Å². The molecule has 0 heterocycles. The van der Waals surface area contributed by atoms with Gasteiger partial charge in [0.25, 0.3) is 0 Å². The molecule has 0 saturated heterocycles. The third-order valence-corrected chi connectivity index (χ3v) is 6.62. The third-order valence-electron chi connectivity index (χ3n) is 6.62. The molecule has 0 bridgehead atoms. The lowest BCUT2D eigenvalue weighted by atomic mass is 9.97. The second-order valence-electron chi connectivity index (χ2n) is 11.0. The Morgan fingerprint density at radius 3 is 1.41 bits per heavy atom. The lowest BCUT2D eigenvalue weighted by Crippen LogP contribution is -3.00. The molecule has 1 aromatic rings. The molecule has 0 aromatic heterocycles. The Labute approximate surface area is 213 Å². The molecule has 0 aliphatic carbocycles.